The number of nitriles is 1. The minimum atomic E-state index is -0.412. The molecule has 1 atom stereocenters. The Labute approximate surface area is 118 Å². The van der Waals surface area contributed by atoms with Crippen molar-refractivity contribution in [2.24, 2.45) is 0 Å². The van der Waals surface area contributed by atoms with Gasteiger partial charge in [0.1, 0.15) is 6.04 Å². The number of carbonyl (C=O) groups excluding carboxylic acids is 1. The molecule has 1 aromatic rings. The average Bonchev–Trinajstić information content (AvgIpc) is 2.29. The van der Waals surface area contributed by atoms with E-state index < -0.39 is 6.04 Å². The van der Waals surface area contributed by atoms with Gasteiger partial charge >= 0.3 is 0 Å². The molecule has 0 spiro atoms. The molecule has 1 rings (SSSR count). The van der Waals surface area contributed by atoms with Crippen LogP contribution in [-0.2, 0) is 4.79 Å². The number of nitrogens with one attached hydrogen (secondary N) is 2. The van der Waals surface area contributed by atoms with Crippen molar-refractivity contribution in [1.29, 1.82) is 5.26 Å². The Morgan fingerprint density at radius 2 is 2.05 bits per heavy atom. The van der Waals surface area contributed by atoms with Crippen molar-refractivity contribution < 1.29 is 4.79 Å². The van der Waals surface area contributed by atoms with E-state index in [2.05, 4.69) is 10.6 Å². The number of amides is 1. The van der Waals surface area contributed by atoms with Crippen LogP contribution >= 0.6 is 11.6 Å². The van der Waals surface area contributed by atoms with Crippen molar-refractivity contribution >= 4 is 23.2 Å². The molecule has 0 radical (unpaired) electrons. The van der Waals surface area contributed by atoms with E-state index in [4.69, 9.17) is 16.9 Å². The summed E-state index contributed by atoms with van der Waals surface area (Å²) in [5.41, 5.74) is 0.848. The molecule has 0 aromatic heterocycles. The second kappa shape index (κ2) is 5.94. The summed E-state index contributed by atoms with van der Waals surface area (Å²) in [5, 5.41) is 15.1. The fourth-order valence-electron chi connectivity index (χ4n) is 1.48. The zero-order valence-corrected chi connectivity index (χ0v) is 12.3. The molecule has 19 heavy (non-hydrogen) atoms. The number of benzene rings is 1. The first-order valence-corrected chi connectivity index (χ1v) is 6.39. The number of carbonyl (C=O) groups is 1. The summed E-state index contributed by atoms with van der Waals surface area (Å²) in [7, 11) is 0. The van der Waals surface area contributed by atoms with Crippen LogP contribution in [0.5, 0.6) is 0 Å². The Balaban J connectivity index is 2.75. The van der Waals surface area contributed by atoms with Gasteiger partial charge in [0, 0.05) is 5.54 Å². The van der Waals surface area contributed by atoms with E-state index in [9.17, 15) is 4.79 Å². The van der Waals surface area contributed by atoms with E-state index in [0.717, 1.165) is 0 Å². The van der Waals surface area contributed by atoms with E-state index in [-0.39, 0.29) is 11.4 Å². The van der Waals surface area contributed by atoms with Gasteiger partial charge in [0.15, 0.2) is 0 Å². The zero-order chi connectivity index (χ0) is 14.6. The maximum absolute atomic E-state index is 11.9. The molecule has 0 fully saturated rings. The van der Waals surface area contributed by atoms with Crippen LogP contribution in [0.4, 0.5) is 5.69 Å². The third kappa shape index (κ3) is 4.80. The van der Waals surface area contributed by atoms with Gasteiger partial charge in [-0.05, 0) is 45.9 Å². The highest BCUT2D eigenvalue weighted by atomic mass is 35.5. The van der Waals surface area contributed by atoms with Crippen LogP contribution in [0.3, 0.4) is 0 Å². The highest BCUT2D eigenvalue weighted by molar-refractivity contribution is 6.33. The van der Waals surface area contributed by atoms with Crippen molar-refractivity contribution in [2.75, 3.05) is 5.32 Å². The molecule has 1 amide bonds. The molecule has 0 saturated heterocycles. The van der Waals surface area contributed by atoms with Crippen molar-refractivity contribution in [1.82, 2.24) is 5.32 Å². The molecule has 0 saturated carbocycles. The molecule has 0 aliphatic rings. The minimum absolute atomic E-state index is 0.104. The van der Waals surface area contributed by atoms with Crippen LogP contribution in [-0.4, -0.2) is 17.5 Å². The fraction of sp³-hybridized carbons (Fsp3) is 0.429. The van der Waals surface area contributed by atoms with Crippen LogP contribution in [0.1, 0.15) is 33.3 Å². The average molecular weight is 280 g/mol. The van der Waals surface area contributed by atoms with Gasteiger partial charge in [0.2, 0.25) is 5.91 Å². The van der Waals surface area contributed by atoms with E-state index in [0.29, 0.717) is 16.3 Å². The van der Waals surface area contributed by atoms with Crippen molar-refractivity contribution in [3.63, 3.8) is 0 Å². The van der Waals surface area contributed by atoms with Crippen LogP contribution < -0.4 is 10.6 Å². The maximum Gasteiger partial charge on any atom is 0.242 e. The smallest absolute Gasteiger partial charge is 0.242 e. The predicted molar refractivity (Wildman–Crippen MR) is 77.1 cm³/mol. The Kier molecular flexibility index (Phi) is 4.79. The lowest BCUT2D eigenvalue weighted by Crippen LogP contribution is -2.47. The molecule has 5 heteroatoms. The maximum atomic E-state index is 11.9. The first kappa shape index (κ1) is 15.3. The third-order valence-corrected chi connectivity index (χ3v) is 2.67. The topological polar surface area (TPSA) is 64.9 Å². The molecule has 102 valence electrons. The molecular formula is C14H18ClN3O. The SMILES string of the molecule is CC(Nc1ccc(C#N)cc1Cl)C(=O)NC(C)(C)C. The largest absolute Gasteiger partial charge is 0.373 e. The van der Waals surface area contributed by atoms with Crippen LogP contribution in [0.2, 0.25) is 5.02 Å². The Morgan fingerprint density at radius 1 is 1.42 bits per heavy atom. The number of anilines is 1. The highest BCUT2D eigenvalue weighted by Gasteiger charge is 2.19. The predicted octanol–water partition coefficient (Wildman–Crippen LogP) is 2.93. The normalized spacial score (nSPS) is 12.4. The molecule has 4 nitrogen and oxygen atoms in total. The molecule has 0 aliphatic carbocycles. The Morgan fingerprint density at radius 3 is 2.53 bits per heavy atom. The highest BCUT2D eigenvalue weighted by Crippen LogP contribution is 2.23. The van der Waals surface area contributed by atoms with Gasteiger partial charge in [0.05, 0.1) is 22.3 Å². The number of hydrogen-bond acceptors (Lipinski definition) is 3. The van der Waals surface area contributed by atoms with Crippen LogP contribution in [0.25, 0.3) is 0 Å². The van der Waals surface area contributed by atoms with Gasteiger partial charge in [-0.1, -0.05) is 11.6 Å². The van der Waals surface area contributed by atoms with Crippen molar-refractivity contribution in [3.05, 3.63) is 28.8 Å². The first-order valence-electron chi connectivity index (χ1n) is 6.01. The quantitative estimate of drug-likeness (QED) is 0.894. The first-order chi connectivity index (χ1) is 8.73. The van der Waals surface area contributed by atoms with Gasteiger partial charge < -0.3 is 10.6 Å². The summed E-state index contributed by atoms with van der Waals surface area (Å²) in [4.78, 5) is 11.9. The number of nitrogens with zero attached hydrogens (tertiary/aromatic N) is 1. The van der Waals surface area contributed by atoms with Crippen LogP contribution in [0.15, 0.2) is 18.2 Å². The van der Waals surface area contributed by atoms with E-state index in [1.54, 1.807) is 25.1 Å². The molecule has 0 bridgehead atoms. The van der Waals surface area contributed by atoms with Crippen molar-refractivity contribution in [3.8, 4) is 6.07 Å². The summed E-state index contributed by atoms with van der Waals surface area (Å²) >= 11 is 6.04. The molecular weight excluding hydrogens is 262 g/mol. The number of hydrogen-bond donors (Lipinski definition) is 2. The number of rotatable bonds is 3. The van der Waals surface area contributed by atoms with Gasteiger partial charge in [0.25, 0.3) is 0 Å². The van der Waals surface area contributed by atoms with Gasteiger partial charge in [-0.3, -0.25) is 4.79 Å². The van der Waals surface area contributed by atoms with E-state index in [1.807, 2.05) is 26.8 Å². The summed E-state index contributed by atoms with van der Waals surface area (Å²) in [6, 6.07) is 6.52. The van der Waals surface area contributed by atoms with Crippen molar-refractivity contribution in [2.45, 2.75) is 39.3 Å². The molecule has 1 unspecified atom stereocenters. The fourth-order valence-corrected chi connectivity index (χ4v) is 1.71. The van der Waals surface area contributed by atoms with Crippen LogP contribution in [0, 0.1) is 11.3 Å². The summed E-state index contributed by atoms with van der Waals surface area (Å²) in [5.74, 6) is -0.104. The lowest BCUT2D eigenvalue weighted by atomic mass is 10.1. The summed E-state index contributed by atoms with van der Waals surface area (Å²) in [6.45, 7) is 7.53. The minimum Gasteiger partial charge on any atom is -0.373 e. The molecule has 1 aromatic carbocycles. The van der Waals surface area contributed by atoms with Gasteiger partial charge in [-0.2, -0.15) is 5.26 Å². The number of halogens is 1. The second-order valence-electron chi connectivity index (χ2n) is 5.41. The molecule has 2 N–H and O–H groups in total. The Bertz CT molecular complexity index is 514. The monoisotopic (exact) mass is 279 g/mol. The third-order valence-electron chi connectivity index (χ3n) is 2.36. The summed E-state index contributed by atoms with van der Waals surface area (Å²) in [6.07, 6.45) is 0. The van der Waals surface area contributed by atoms with Gasteiger partial charge in [-0.25, -0.2) is 0 Å². The van der Waals surface area contributed by atoms with E-state index >= 15 is 0 Å². The summed E-state index contributed by atoms with van der Waals surface area (Å²) < 4.78 is 0. The molecule has 0 aliphatic heterocycles. The second-order valence-corrected chi connectivity index (χ2v) is 5.82. The van der Waals surface area contributed by atoms with Gasteiger partial charge in [-0.15, -0.1) is 0 Å². The Hall–Kier alpha value is -1.73. The lowest BCUT2D eigenvalue weighted by molar-refractivity contribution is -0.122. The molecule has 0 heterocycles. The lowest BCUT2D eigenvalue weighted by Gasteiger charge is -2.24. The van der Waals surface area contributed by atoms with E-state index in [1.165, 1.54) is 0 Å². The standard InChI is InChI=1S/C14H18ClN3O/c1-9(13(19)18-14(2,3)4)17-12-6-5-10(8-16)7-11(12)15/h5-7,9,17H,1-4H3,(H,18,19). The zero-order valence-electron chi connectivity index (χ0n) is 11.5.